The van der Waals surface area contributed by atoms with Crippen molar-refractivity contribution < 1.29 is 4.42 Å². The molecule has 0 unspecified atom stereocenters. The number of aryl methyl sites for hydroxylation is 1. The minimum absolute atomic E-state index is 0.923. The normalized spacial score (nSPS) is 13.8. The van der Waals surface area contributed by atoms with Gasteiger partial charge >= 0.3 is 0 Å². The molecule has 0 fully saturated rings. The van der Waals surface area contributed by atoms with Gasteiger partial charge in [0, 0.05) is 38.7 Å². The van der Waals surface area contributed by atoms with Gasteiger partial charge < -0.3 is 8.98 Å². The number of nitrogens with zero attached hydrogens (tertiary/aromatic N) is 2. The van der Waals surface area contributed by atoms with Crippen molar-refractivity contribution in [2.75, 3.05) is 0 Å². The molecule has 4 aromatic carbocycles. The summed E-state index contributed by atoms with van der Waals surface area (Å²) < 4.78 is 8.96. The number of hydrogen-bond acceptors (Lipinski definition) is 2. The second kappa shape index (κ2) is 6.58. The van der Waals surface area contributed by atoms with Crippen LogP contribution in [0.3, 0.4) is 0 Å². The van der Waals surface area contributed by atoms with Crippen LogP contribution in [0.2, 0.25) is 0 Å². The molecule has 0 spiro atoms. The topological polar surface area (TPSA) is 31.0 Å². The maximum Gasteiger partial charge on any atom is 0.160 e. The minimum atomic E-state index is 0.923. The Hall–Kier alpha value is -4.37. The highest BCUT2D eigenvalue weighted by Gasteiger charge is 2.24. The molecular weight excluding hydrogens is 416 g/mol. The Kier molecular flexibility index (Phi) is 3.50. The number of para-hydroxylation sites is 2. The number of furan rings is 1. The first-order valence-electron chi connectivity index (χ1n) is 11.8. The molecule has 0 aliphatic heterocycles. The summed E-state index contributed by atoms with van der Waals surface area (Å²) in [4.78, 5) is 4.83. The van der Waals surface area contributed by atoms with Gasteiger partial charge in [0.2, 0.25) is 0 Å². The van der Waals surface area contributed by atoms with Crippen molar-refractivity contribution >= 4 is 60.3 Å². The fourth-order valence-corrected chi connectivity index (χ4v) is 5.83. The molecule has 0 radical (unpaired) electrons. The van der Waals surface area contributed by atoms with Crippen molar-refractivity contribution in [1.29, 1.82) is 0 Å². The van der Waals surface area contributed by atoms with Crippen LogP contribution in [0.25, 0.3) is 60.3 Å². The molecule has 3 aromatic heterocycles. The van der Waals surface area contributed by atoms with Gasteiger partial charge in [-0.15, -0.1) is 0 Å². The highest BCUT2D eigenvalue weighted by atomic mass is 16.3. The van der Waals surface area contributed by atoms with Gasteiger partial charge in [0.15, 0.2) is 5.58 Å². The van der Waals surface area contributed by atoms with E-state index in [-0.39, 0.29) is 0 Å². The molecule has 7 aromatic rings. The lowest BCUT2D eigenvalue weighted by molar-refractivity contribution is 0.671. The smallest absolute Gasteiger partial charge is 0.160 e. The second-order valence-electron chi connectivity index (χ2n) is 9.09. The molecule has 0 N–H and O–H groups in total. The molecule has 3 heterocycles. The Morgan fingerprint density at radius 1 is 0.735 bits per heavy atom. The fraction of sp³-hybridized carbons (Fsp3) is 0.0645. The van der Waals surface area contributed by atoms with Gasteiger partial charge in [0.1, 0.15) is 5.58 Å². The lowest BCUT2D eigenvalue weighted by Gasteiger charge is -2.22. The van der Waals surface area contributed by atoms with Crippen LogP contribution >= 0.6 is 0 Å². The van der Waals surface area contributed by atoms with Crippen LogP contribution in [0.15, 0.2) is 102 Å². The predicted octanol–water partition coefficient (Wildman–Crippen LogP) is 8.08. The van der Waals surface area contributed by atoms with Crippen molar-refractivity contribution in [3.8, 4) is 0 Å². The monoisotopic (exact) mass is 436 g/mol. The third-order valence-electron chi connectivity index (χ3n) is 7.29. The molecule has 0 atom stereocenters. The fourth-order valence-electron chi connectivity index (χ4n) is 5.83. The zero-order valence-corrected chi connectivity index (χ0v) is 18.5. The molecule has 3 heteroatoms. The maximum absolute atomic E-state index is 6.54. The molecule has 0 bridgehead atoms. The minimum Gasteiger partial charge on any atom is -0.454 e. The zero-order chi connectivity index (χ0) is 22.2. The number of aromatic nitrogens is 2. The van der Waals surface area contributed by atoms with E-state index >= 15 is 0 Å². The van der Waals surface area contributed by atoms with Gasteiger partial charge in [-0.05, 0) is 42.7 Å². The summed E-state index contributed by atoms with van der Waals surface area (Å²) in [6, 6.07) is 30.1. The second-order valence-corrected chi connectivity index (χ2v) is 9.09. The molecule has 1 aliphatic rings. The van der Waals surface area contributed by atoms with Gasteiger partial charge in [-0.3, -0.25) is 4.98 Å². The Bertz CT molecular complexity index is 1970. The number of pyridine rings is 1. The Morgan fingerprint density at radius 3 is 2.56 bits per heavy atom. The third-order valence-corrected chi connectivity index (χ3v) is 7.29. The number of hydrogen-bond donors (Lipinski definition) is 0. The molecule has 0 amide bonds. The zero-order valence-electron chi connectivity index (χ0n) is 18.5. The number of allylic oxidation sites excluding steroid dienone is 1. The third kappa shape index (κ3) is 2.28. The molecule has 8 rings (SSSR count). The average molecular weight is 437 g/mol. The quantitative estimate of drug-likeness (QED) is 0.260. The molecule has 1 aliphatic carbocycles. The molecule has 0 saturated carbocycles. The lowest BCUT2D eigenvalue weighted by Crippen LogP contribution is -2.08. The maximum atomic E-state index is 6.54. The van der Waals surface area contributed by atoms with Crippen molar-refractivity contribution in [3.63, 3.8) is 0 Å². The van der Waals surface area contributed by atoms with Crippen LogP contribution in [-0.2, 0) is 6.42 Å². The highest BCUT2D eigenvalue weighted by Crippen LogP contribution is 2.43. The summed E-state index contributed by atoms with van der Waals surface area (Å²) in [5, 5.41) is 5.93. The van der Waals surface area contributed by atoms with Crippen LogP contribution in [0, 0.1) is 0 Å². The average Bonchev–Trinajstić information content (AvgIpc) is 3.44. The Balaban J connectivity index is 1.59. The summed E-state index contributed by atoms with van der Waals surface area (Å²) in [6.45, 7) is 0. The molecule has 3 nitrogen and oxygen atoms in total. The summed E-state index contributed by atoms with van der Waals surface area (Å²) in [7, 11) is 0. The number of fused-ring (bicyclic) bond motifs is 10. The molecular formula is C31H20N2O. The van der Waals surface area contributed by atoms with Crippen molar-refractivity contribution in [2.24, 2.45) is 0 Å². The van der Waals surface area contributed by atoms with E-state index in [0.29, 0.717) is 0 Å². The van der Waals surface area contributed by atoms with Crippen molar-refractivity contribution in [2.45, 2.75) is 12.8 Å². The lowest BCUT2D eigenvalue weighted by atomic mass is 9.92. The summed E-state index contributed by atoms with van der Waals surface area (Å²) in [5.41, 5.74) is 9.03. The van der Waals surface area contributed by atoms with Gasteiger partial charge in [-0.2, -0.15) is 0 Å². The first-order chi connectivity index (χ1) is 16.9. The SMILES string of the molecule is C1=C(n2c3ccccc3c3ccc4c5ccccc5oc4c32)c2c(ccc3cccnc23)CC1. The van der Waals surface area contributed by atoms with Crippen LogP contribution in [-0.4, -0.2) is 9.55 Å². The molecule has 160 valence electrons. The van der Waals surface area contributed by atoms with E-state index in [1.807, 2.05) is 18.3 Å². The van der Waals surface area contributed by atoms with E-state index < -0.39 is 0 Å². The standard InChI is InChI=1S/C31H20N2O/c1-3-11-25-21(9-1)23-16-17-24-22-10-2-4-13-27(22)34-31(24)30(23)33(25)26-12-5-7-19-14-15-20-8-6-18-32-29(20)28(19)26/h1-4,6,8-18H,5,7H2. The van der Waals surface area contributed by atoms with E-state index in [1.165, 1.54) is 38.5 Å². The van der Waals surface area contributed by atoms with Gasteiger partial charge in [0.05, 0.1) is 22.2 Å². The van der Waals surface area contributed by atoms with E-state index in [0.717, 1.165) is 45.8 Å². The van der Waals surface area contributed by atoms with Crippen molar-refractivity contribution in [1.82, 2.24) is 9.55 Å². The molecule has 0 saturated heterocycles. The van der Waals surface area contributed by atoms with E-state index in [9.17, 15) is 0 Å². The summed E-state index contributed by atoms with van der Waals surface area (Å²) in [6.07, 6.45) is 6.31. The first kappa shape index (κ1) is 18.1. The van der Waals surface area contributed by atoms with Crippen LogP contribution in [0.5, 0.6) is 0 Å². The van der Waals surface area contributed by atoms with E-state index in [2.05, 4.69) is 83.4 Å². The van der Waals surface area contributed by atoms with Crippen LogP contribution in [0.1, 0.15) is 17.5 Å². The Morgan fingerprint density at radius 2 is 1.59 bits per heavy atom. The number of benzene rings is 4. The largest absolute Gasteiger partial charge is 0.454 e. The summed E-state index contributed by atoms with van der Waals surface area (Å²) in [5.74, 6) is 0. The van der Waals surface area contributed by atoms with Crippen molar-refractivity contribution in [3.05, 3.63) is 108 Å². The van der Waals surface area contributed by atoms with Crippen LogP contribution < -0.4 is 0 Å². The van der Waals surface area contributed by atoms with Gasteiger partial charge in [-0.25, -0.2) is 0 Å². The Labute approximate surface area is 195 Å². The van der Waals surface area contributed by atoms with Gasteiger partial charge in [-0.1, -0.05) is 66.7 Å². The molecule has 34 heavy (non-hydrogen) atoms. The first-order valence-corrected chi connectivity index (χ1v) is 11.8. The predicted molar refractivity (Wildman–Crippen MR) is 140 cm³/mol. The van der Waals surface area contributed by atoms with Gasteiger partial charge in [0.25, 0.3) is 0 Å². The van der Waals surface area contributed by atoms with Crippen LogP contribution in [0.4, 0.5) is 0 Å². The van der Waals surface area contributed by atoms with E-state index in [4.69, 9.17) is 9.40 Å². The highest BCUT2D eigenvalue weighted by molar-refractivity contribution is 6.22. The van der Waals surface area contributed by atoms with E-state index in [1.54, 1.807) is 0 Å². The summed E-state index contributed by atoms with van der Waals surface area (Å²) >= 11 is 0. The number of rotatable bonds is 1.